The molecule has 1 fully saturated rings. The Balaban J connectivity index is 1.72. The maximum Gasteiger partial charge on any atom is 0.211 e. The maximum absolute atomic E-state index is 5.83. The molecule has 1 atom stereocenters. The van der Waals surface area contributed by atoms with Crippen molar-refractivity contribution in [2.75, 3.05) is 13.7 Å². The fourth-order valence-corrected chi connectivity index (χ4v) is 2.44. The third-order valence-corrected chi connectivity index (χ3v) is 3.44. The highest BCUT2D eigenvalue weighted by molar-refractivity contribution is 5.30. The average Bonchev–Trinajstić information content (AvgIpc) is 3.09. The van der Waals surface area contributed by atoms with Crippen LogP contribution in [0, 0.1) is 0 Å². The number of nitrogens with zero attached hydrogens (tertiary/aromatic N) is 1. The standard InChI is InChI=1S/C15H18N2O2/c1-18-12-5-2-4-11(8-12)9-13-10-17-15(19-13)14-6-3-7-16-14/h2,4-5,8,10,14,16H,3,6-7,9H2,1H3/t14-/m1/s1. The molecule has 0 radical (unpaired) electrons. The van der Waals surface area contributed by atoms with Gasteiger partial charge in [-0.25, -0.2) is 4.98 Å². The van der Waals surface area contributed by atoms with Crippen LogP contribution in [0.15, 0.2) is 34.9 Å². The van der Waals surface area contributed by atoms with Gasteiger partial charge in [0.1, 0.15) is 11.5 Å². The summed E-state index contributed by atoms with van der Waals surface area (Å²) >= 11 is 0. The molecule has 0 saturated carbocycles. The minimum Gasteiger partial charge on any atom is -0.497 e. The molecule has 19 heavy (non-hydrogen) atoms. The maximum atomic E-state index is 5.83. The first-order valence-electron chi connectivity index (χ1n) is 6.66. The van der Waals surface area contributed by atoms with E-state index >= 15 is 0 Å². The van der Waals surface area contributed by atoms with Gasteiger partial charge in [-0.1, -0.05) is 12.1 Å². The quantitative estimate of drug-likeness (QED) is 0.916. The van der Waals surface area contributed by atoms with Crippen molar-refractivity contribution in [3.8, 4) is 5.75 Å². The second kappa shape index (κ2) is 5.45. The number of rotatable bonds is 4. The number of benzene rings is 1. The van der Waals surface area contributed by atoms with Crippen LogP contribution in [0.4, 0.5) is 0 Å². The summed E-state index contributed by atoms with van der Waals surface area (Å²) in [5, 5.41) is 3.39. The van der Waals surface area contributed by atoms with Crippen LogP contribution in [0.3, 0.4) is 0 Å². The number of hydrogen-bond acceptors (Lipinski definition) is 4. The minimum atomic E-state index is 0.291. The number of ether oxygens (including phenoxy) is 1. The zero-order valence-electron chi connectivity index (χ0n) is 11.1. The van der Waals surface area contributed by atoms with Crippen LogP contribution in [0.1, 0.15) is 36.1 Å². The van der Waals surface area contributed by atoms with Gasteiger partial charge < -0.3 is 14.5 Å². The smallest absolute Gasteiger partial charge is 0.211 e. The fourth-order valence-electron chi connectivity index (χ4n) is 2.44. The highest BCUT2D eigenvalue weighted by atomic mass is 16.5. The number of nitrogens with one attached hydrogen (secondary N) is 1. The fraction of sp³-hybridized carbons (Fsp3) is 0.400. The van der Waals surface area contributed by atoms with Crippen LogP contribution < -0.4 is 10.1 Å². The normalized spacial score (nSPS) is 18.7. The molecule has 2 heterocycles. The first-order valence-corrected chi connectivity index (χ1v) is 6.66. The molecule has 4 heteroatoms. The lowest BCUT2D eigenvalue weighted by Crippen LogP contribution is -2.12. The van der Waals surface area contributed by atoms with E-state index in [0.29, 0.717) is 6.04 Å². The first kappa shape index (κ1) is 12.2. The summed E-state index contributed by atoms with van der Waals surface area (Å²) in [6, 6.07) is 8.31. The molecule has 1 saturated heterocycles. The molecule has 100 valence electrons. The third-order valence-electron chi connectivity index (χ3n) is 3.44. The summed E-state index contributed by atoms with van der Waals surface area (Å²) in [6.45, 7) is 1.05. The van der Waals surface area contributed by atoms with E-state index in [1.165, 1.54) is 12.0 Å². The molecule has 2 aromatic rings. The van der Waals surface area contributed by atoms with Crippen LogP contribution in [-0.4, -0.2) is 18.6 Å². The van der Waals surface area contributed by atoms with Gasteiger partial charge in [0.05, 0.1) is 19.3 Å². The number of aromatic nitrogens is 1. The lowest BCUT2D eigenvalue weighted by atomic mass is 10.1. The second-order valence-electron chi connectivity index (χ2n) is 4.84. The molecule has 0 amide bonds. The lowest BCUT2D eigenvalue weighted by Gasteiger charge is -2.04. The molecule has 0 unspecified atom stereocenters. The SMILES string of the molecule is COc1cccc(Cc2cnc([C@H]3CCCN3)o2)c1. The van der Waals surface area contributed by atoms with Crippen molar-refractivity contribution in [3.05, 3.63) is 47.7 Å². The third kappa shape index (κ3) is 2.79. The van der Waals surface area contributed by atoms with E-state index in [0.717, 1.165) is 36.8 Å². The van der Waals surface area contributed by atoms with E-state index in [-0.39, 0.29) is 0 Å². The topological polar surface area (TPSA) is 47.3 Å². The molecular formula is C15H18N2O2. The minimum absolute atomic E-state index is 0.291. The summed E-state index contributed by atoms with van der Waals surface area (Å²) in [5.74, 6) is 2.59. The van der Waals surface area contributed by atoms with Crippen LogP contribution in [0.25, 0.3) is 0 Å². The van der Waals surface area contributed by atoms with Gasteiger partial charge in [0.2, 0.25) is 5.89 Å². The highest BCUT2D eigenvalue weighted by Crippen LogP contribution is 2.24. The van der Waals surface area contributed by atoms with Gasteiger partial charge >= 0.3 is 0 Å². The number of methoxy groups -OCH3 is 1. The molecule has 1 N–H and O–H groups in total. The molecule has 4 nitrogen and oxygen atoms in total. The molecule has 0 aliphatic carbocycles. The average molecular weight is 258 g/mol. The zero-order valence-corrected chi connectivity index (χ0v) is 11.1. The van der Waals surface area contributed by atoms with Gasteiger partial charge in [-0.15, -0.1) is 0 Å². The molecule has 1 aromatic heterocycles. The van der Waals surface area contributed by atoms with Gasteiger partial charge in [-0.05, 0) is 37.1 Å². The van der Waals surface area contributed by atoms with Crippen molar-refractivity contribution in [2.24, 2.45) is 0 Å². The van der Waals surface area contributed by atoms with E-state index < -0.39 is 0 Å². The van der Waals surface area contributed by atoms with Crippen molar-refractivity contribution in [1.82, 2.24) is 10.3 Å². The predicted octanol–water partition coefficient (Wildman–Crippen LogP) is 2.70. The van der Waals surface area contributed by atoms with Crippen LogP contribution in [0.5, 0.6) is 5.75 Å². The van der Waals surface area contributed by atoms with Gasteiger partial charge in [-0.2, -0.15) is 0 Å². The number of hydrogen-bond donors (Lipinski definition) is 1. The molecule has 3 rings (SSSR count). The van der Waals surface area contributed by atoms with E-state index in [4.69, 9.17) is 9.15 Å². The highest BCUT2D eigenvalue weighted by Gasteiger charge is 2.20. The summed E-state index contributed by atoms with van der Waals surface area (Å²) < 4.78 is 11.1. The van der Waals surface area contributed by atoms with Crippen molar-refractivity contribution >= 4 is 0 Å². The summed E-state index contributed by atoms with van der Waals surface area (Å²) in [6.07, 6.45) is 4.88. The molecular weight excluding hydrogens is 240 g/mol. The molecule has 1 aliphatic rings. The number of oxazole rings is 1. The zero-order chi connectivity index (χ0) is 13.1. The Morgan fingerprint density at radius 1 is 1.47 bits per heavy atom. The Morgan fingerprint density at radius 2 is 2.42 bits per heavy atom. The Bertz CT molecular complexity index is 545. The summed E-state index contributed by atoms with van der Waals surface area (Å²) in [4.78, 5) is 4.38. The van der Waals surface area contributed by atoms with Crippen molar-refractivity contribution in [3.63, 3.8) is 0 Å². The van der Waals surface area contributed by atoms with E-state index in [1.807, 2.05) is 24.4 Å². The van der Waals surface area contributed by atoms with Crippen LogP contribution in [0.2, 0.25) is 0 Å². The van der Waals surface area contributed by atoms with Gasteiger partial charge in [0.15, 0.2) is 0 Å². The van der Waals surface area contributed by atoms with Crippen LogP contribution >= 0.6 is 0 Å². The Labute approximate surface area is 112 Å². The van der Waals surface area contributed by atoms with Crippen molar-refractivity contribution in [1.29, 1.82) is 0 Å². The molecule has 0 bridgehead atoms. The Kier molecular flexibility index (Phi) is 3.51. The Morgan fingerprint density at radius 3 is 3.21 bits per heavy atom. The van der Waals surface area contributed by atoms with Crippen molar-refractivity contribution < 1.29 is 9.15 Å². The summed E-state index contributed by atoms with van der Waals surface area (Å²) in [7, 11) is 1.68. The molecule has 1 aromatic carbocycles. The lowest BCUT2D eigenvalue weighted by molar-refractivity contribution is 0.407. The second-order valence-corrected chi connectivity index (χ2v) is 4.84. The van der Waals surface area contributed by atoms with E-state index in [1.54, 1.807) is 7.11 Å². The van der Waals surface area contributed by atoms with E-state index in [2.05, 4.69) is 16.4 Å². The van der Waals surface area contributed by atoms with Gasteiger partial charge in [0.25, 0.3) is 0 Å². The van der Waals surface area contributed by atoms with Gasteiger partial charge in [-0.3, -0.25) is 0 Å². The van der Waals surface area contributed by atoms with E-state index in [9.17, 15) is 0 Å². The summed E-state index contributed by atoms with van der Waals surface area (Å²) in [5.41, 5.74) is 1.17. The van der Waals surface area contributed by atoms with Crippen LogP contribution in [-0.2, 0) is 6.42 Å². The molecule has 0 spiro atoms. The first-order chi connectivity index (χ1) is 9.35. The molecule has 1 aliphatic heterocycles. The predicted molar refractivity (Wildman–Crippen MR) is 72.3 cm³/mol. The van der Waals surface area contributed by atoms with Gasteiger partial charge in [0, 0.05) is 6.42 Å². The largest absolute Gasteiger partial charge is 0.497 e. The van der Waals surface area contributed by atoms with Crippen molar-refractivity contribution in [2.45, 2.75) is 25.3 Å². The Hall–Kier alpha value is -1.81. The monoisotopic (exact) mass is 258 g/mol.